The zero-order valence-electron chi connectivity index (χ0n) is 16.1. The number of carbonyl (C=O) groups excluding carboxylic acids is 4. The summed E-state index contributed by atoms with van der Waals surface area (Å²) in [5.74, 6) is -2.08. The molecule has 3 heterocycles. The van der Waals surface area contributed by atoms with Gasteiger partial charge < -0.3 is 18.9 Å². The van der Waals surface area contributed by atoms with Gasteiger partial charge in [0.25, 0.3) is 0 Å². The van der Waals surface area contributed by atoms with Crippen LogP contribution in [0.15, 0.2) is 6.33 Å². The molecule has 30 heavy (non-hydrogen) atoms. The molecule has 3 rings (SSSR count). The lowest BCUT2D eigenvalue weighted by atomic mass is 10.1. The van der Waals surface area contributed by atoms with Crippen molar-refractivity contribution in [2.24, 2.45) is 0 Å². The fourth-order valence-electron chi connectivity index (χ4n) is 3.05. The Balaban J connectivity index is 2.06. The van der Waals surface area contributed by atoms with Crippen LogP contribution in [0.2, 0.25) is 5.15 Å². The summed E-state index contributed by atoms with van der Waals surface area (Å²) in [6, 6.07) is 0. The van der Waals surface area contributed by atoms with Gasteiger partial charge >= 0.3 is 17.9 Å². The SMILES string of the molecule is CC(=O)OC[C@H]1O[C@@H](n2cnc3c(Cl)nc(C=O)nc32)[C@H](OC(C)=O)[C@@H]1OC(C)=O. The molecule has 0 amide bonds. The number of ether oxygens (including phenoxy) is 4. The zero-order valence-corrected chi connectivity index (χ0v) is 16.9. The molecule has 12 nitrogen and oxygen atoms in total. The summed E-state index contributed by atoms with van der Waals surface area (Å²) < 4.78 is 22.9. The topological polar surface area (TPSA) is 149 Å². The van der Waals surface area contributed by atoms with Crippen molar-refractivity contribution in [3.63, 3.8) is 0 Å². The highest BCUT2D eigenvalue weighted by molar-refractivity contribution is 6.33. The van der Waals surface area contributed by atoms with Crippen molar-refractivity contribution >= 4 is 47.0 Å². The third kappa shape index (κ3) is 4.39. The molecule has 0 radical (unpaired) electrons. The van der Waals surface area contributed by atoms with Crippen molar-refractivity contribution in [1.29, 1.82) is 0 Å². The van der Waals surface area contributed by atoms with Gasteiger partial charge in [0, 0.05) is 20.8 Å². The van der Waals surface area contributed by atoms with Crippen molar-refractivity contribution < 1.29 is 38.1 Å². The van der Waals surface area contributed by atoms with Gasteiger partial charge in [-0.25, -0.2) is 15.0 Å². The number of esters is 3. The number of aldehydes is 1. The lowest BCUT2D eigenvalue weighted by Crippen LogP contribution is -2.40. The first-order valence-corrected chi connectivity index (χ1v) is 9.07. The van der Waals surface area contributed by atoms with Crippen LogP contribution in [0.4, 0.5) is 0 Å². The van der Waals surface area contributed by atoms with Crippen molar-refractivity contribution in [2.45, 2.75) is 45.3 Å². The molecule has 0 unspecified atom stereocenters. The molecule has 4 atom stereocenters. The Morgan fingerprint density at radius 2 is 1.80 bits per heavy atom. The smallest absolute Gasteiger partial charge is 0.303 e. The third-order valence-electron chi connectivity index (χ3n) is 4.12. The number of nitrogens with zero attached hydrogens (tertiary/aromatic N) is 4. The Labute approximate surface area is 174 Å². The Morgan fingerprint density at radius 3 is 2.40 bits per heavy atom. The van der Waals surface area contributed by atoms with E-state index in [1.807, 2.05) is 0 Å². The molecular weight excluding hydrogens is 424 g/mol. The Morgan fingerprint density at radius 1 is 1.13 bits per heavy atom. The molecular formula is C17H17ClN4O8. The summed E-state index contributed by atoms with van der Waals surface area (Å²) in [7, 11) is 0. The highest BCUT2D eigenvalue weighted by atomic mass is 35.5. The number of carbonyl (C=O) groups is 4. The fraction of sp³-hybridized carbons (Fsp3) is 0.471. The molecule has 1 aliphatic rings. The number of hydrogen-bond donors (Lipinski definition) is 0. The van der Waals surface area contributed by atoms with Gasteiger partial charge in [-0.05, 0) is 0 Å². The minimum atomic E-state index is -1.13. The van der Waals surface area contributed by atoms with Crippen molar-refractivity contribution in [3.8, 4) is 0 Å². The molecule has 0 saturated carbocycles. The first kappa shape index (κ1) is 21.6. The lowest BCUT2D eigenvalue weighted by molar-refractivity contribution is -0.166. The maximum absolute atomic E-state index is 11.7. The van der Waals surface area contributed by atoms with Crippen LogP contribution in [0.5, 0.6) is 0 Å². The monoisotopic (exact) mass is 440 g/mol. The van der Waals surface area contributed by atoms with Gasteiger partial charge in [-0.3, -0.25) is 23.7 Å². The summed E-state index contributed by atoms with van der Waals surface area (Å²) in [5.41, 5.74) is 0.314. The van der Waals surface area contributed by atoms with Gasteiger partial charge in [-0.1, -0.05) is 11.6 Å². The Bertz CT molecular complexity index is 1010. The van der Waals surface area contributed by atoms with E-state index in [4.69, 9.17) is 30.5 Å². The minimum Gasteiger partial charge on any atom is -0.463 e. The van der Waals surface area contributed by atoms with Crippen LogP contribution >= 0.6 is 11.6 Å². The lowest BCUT2D eigenvalue weighted by Gasteiger charge is -2.23. The van der Waals surface area contributed by atoms with Crippen LogP contribution in [0.3, 0.4) is 0 Å². The molecule has 0 spiro atoms. The first-order valence-electron chi connectivity index (χ1n) is 8.69. The molecule has 2 aromatic rings. The molecule has 0 aromatic carbocycles. The van der Waals surface area contributed by atoms with E-state index >= 15 is 0 Å². The van der Waals surface area contributed by atoms with Crippen LogP contribution in [0.25, 0.3) is 11.2 Å². The van der Waals surface area contributed by atoms with E-state index in [0.29, 0.717) is 6.29 Å². The predicted octanol–water partition coefficient (Wildman–Crippen LogP) is 0.616. The van der Waals surface area contributed by atoms with Crippen LogP contribution in [0, 0.1) is 0 Å². The van der Waals surface area contributed by atoms with Gasteiger partial charge in [0.05, 0.1) is 6.33 Å². The number of hydrogen-bond acceptors (Lipinski definition) is 11. The first-order chi connectivity index (χ1) is 14.2. The average molecular weight is 441 g/mol. The second kappa shape index (κ2) is 8.71. The summed E-state index contributed by atoms with van der Waals surface area (Å²) in [6.45, 7) is 3.30. The summed E-state index contributed by atoms with van der Waals surface area (Å²) in [6.07, 6.45) is -2.53. The molecule has 0 N–H and O–H groups in total. The number of imidazole rings is 1. The van der Waals surface area contributed by atoms with Crippen LogP contribution in [-0.2, 0) is 33.3 Å². The molecule has 160 valence electrons. The van der Waals surface area contributed by atoms with Gasteiger partial charge in [-0.2, -0.15) is 0 Å². The van der Waals surface area contributed by atoms with Crippen molar-refractivity contribution in [1.82, 2.24) is 19.5 Å². The standard InChI is InChI=1S/C17H17ClN4O8/c1-7(24)27-5-10-13(28-8(2)25)14(29-9(3)26)17(30-10)22-6-19-12-15(18)20-11(4-23)21-16(12)22/h4,6,10,13-14,17H,5H2,1-3H3/t10-,13-,14-,17-/m1/s1. The molecule has 0 bridgehead atoms. The number of fused-ring (bicyclic) bond motifs is 1. The van der Waals surface area contributed by atoms with Gasteiger partial charge in [-0.15, -0.1) is 0 Å². The quantitative estimate of drug-likeness (QED) is 0.269. The molecule has 0 aliphatic carbocycles. The minimum absolute atomic E-state index is 0.0594. The van der Waals surface area contributed by atoms with Crippen LogP contribution in [-0.4, -0.2) is 68.6 Å². The van der Waals surface area contributed by atoms with E-state index in [0.717, 1.165) is 0 Å². The second-order valence-corrected chi connectivity index (χ2v) is 6.69. The average Bonchev–Trinajstić information content (AvgIpc) is 3.21. The van der Waals surface area contributed by atoms with E-state index in [2.05, 4.69) is 15.0 Å². The van der Waals surface area contributed by atoms with E-state index < -0.39 is 42.4 Å². The van der Waals surface area contributed by atoms with Crippen LogP contribution in [0.1, 0.15) is 37.6 Å². The normalized spacial score (nSPS) is 23.2. The Hall–Kier alpha value is -3.12. The van der Waals surface area contributed by atoms with Crippen LogP contribution < -0.4 is 0 Å². The molecule has 1 saturated heterocycles. The summed E-state index contributed by atoms with van der Waals surface area (Å²) >= 11 is 6.05. The number of halogens is 1. The van der Waals surface area contributed by atoms with E-state index in [9.17, 15) is 19.2 Å². The number of aromatic nitrogens is 4. The largest absolute Gasteiger partial charge is 0.463 e. The van der Waals surface area contributed by atoms with Gasteiger partial charge in [0.2, 0.25) is 0 Å². The highest BCUT2D eigenvalue weighted by Gasteiger charge is 2.51. The van der Waals surface area contributed by atoms with E-state index in [1.54, 1.807) is 0 Å². The third-order valence-corrected chi connectivity index (χ3v) is 4.38. The second-order valence-electron chi connectivity index (χ2n) is 6.33. The van der Waals surface area contributed by atoms with Gasteiger partial charge in [0.15, 0.2) is 41.3 Å². The summed E-state index contributed by atoms with van der Waals surface area (Å²) in [5, 5.41) is -0.0594. The predicted molar refractivity (Wildman–Crippen MR) is 97.4 cm³/mol. The summed E-state index contributed by atoms with van der Waals surface area (Å²) in [4.78, 5) is 57.7. The maximum Gasteiger partial charge on any atom is 0.303 e. The molecule has 1 aliphatic heterocycles. The molecule has 13 heteroatoms. The van der Waals surface area contributed by atoms with Crippen molar-refractivity contribution in [3.05, 3.63) is 17.3 Å². The molecule has 2 aromatic heterocycles. The molecule has 1 fully saturated rings. The Kier molecular flexibility index (Phi) is 6.27. The van der Waals surface area contributed by atoms with E-state index in [-0.39, 0.29) is 28.7 Å². The van der Waals surface area contributed by atoms with Gasteiger partial charge in [0.1, 0.15) is 18.2 Å². The van der Waals surface area contributed by atoms with E-state index in [1.165, 1.54) is 31.7 Å². The maximum atomic E-state index is 11.7. The zero-order chi connectivity index (χ0) is 22.0. The number of rotatable bonds is 6. The fourth-order valence-corrected chi connectivity index (χ4v) is 3.27. The van der Waals surface area contributed by atoms with Crippen molar-refractivity contribution in [2.75, 3.05) is 6.61 Å². The highest BCUT2D eigenvalue weighted by Crippen LogP contribution is 2.36.